The first-order chi connectivity index (χ1) is 11.1. The van der Waals surface area contributed by atoms with Crippen molar-refractivity contribution in [1.82, 2.24) is 15.0 Å². The van der Waals surface area contributed by atoms with Crippen molar-refractivity contribution in [1.29, 1.82) is 0 Å². The van der Waals surface area contributed by atoms with E-state index in [4.69, 9.17) is 19.7 Å². The molecule has 1 aliphatic heterocycles. The van der Waals surface area contributed by atoms with Crippen LogP contribution in [0.4, 0.5) is 0 Å². The highest BCUT2D eigenvalue weighted by Crippen LogP contribution is 2.15. The minimum Gasteiger partial charge on any atom is -0.400 e. The second kappa shape index (κ2) is 12.3. The maximum atomic E-state index is 9.67. The van der Waals surface area contributed by atoms with Crippen LogP contribution in [0.3, 0.4) is 0 Å². The van der Waals surface area contributed by atoms with Crippen LogP contribution in [0.1, 0.15) is 31.9 Å². The van der Waals surface area contributed by atoms with Gasteiger partial charge in [0.15, 0.2) is 6.29 Å². The van der Waals surface area contributed by atoms with Gasteiger partial charge in [0, 0.05) is 26.8 Å². The number of hydrogen-bond acceptors (Lipinski definition) is 8. The lowest BCUT2D eigenvalue weighted by atomic mass is 10.1. The maximum absolute atomic E-state index is 9.67. The molecule has 1 aromatic heterocycles. The number of aromatic nitrogens is 3. The highest BCUT2D eigenvalue weighted by molar-refractivity contribution is 4.97. The molecule has 9 heteroatoms. The van der Waals surface area contributed by atoms with E-state index in [1.54, 1.807) is 4.68 Å². The van der Waals surface area contributed by atoms with E-state index < -0.39 is 18.5 Å². The molecule has 0 amide bonds. The zero-order chi connectivity index (χ0) is 17.8. The van der Waals surface area contributed by atoms with Crippen molar-refractivity contribution >= 4 is 0 Å². The molecule has 1 aromatic rings. The van der Waals surface area contributed by atoms with Crippen molar-refractivity contribution in [3.8, 4) is 0 Å². The minimum atomic E-state index is -0.786. The van der Waals surface area contributed by atoms with Gasteiger partial charge in [-0.15, -0.1) is 5.10 Å². The predicted octanol–water partition coefficient (Wildman–Crippen LogP) is -0.897. The Hall–Kier alpha value is -1.10. The third-order valence-electron chi connectivity index (χ3n) is 3.03. The van der Waals surface area contributed by atoms with Crippen LogP contribution in [0.2, 0.25) is 0 Å². The Morgan fingerprint density at radius 2 is 1.96 bits per heavy atom. The van der Waals surface area contributed by atoms with Gasteiger partial charge in [-0.25, -0.2) is 4.68 Å². The smallest absolute Gasteiger partial charge is 0.183 e. The summed E-state index contributed by atoms with van der Waals surface area (Å²) in [5.74, 6) is 0.347. The second-order valence-electron chi connectivity index (χ2n) is 5.09. The summed E-state index contributed by atoms with van der Waals surface area (Å²) in [6, 6.07) is 0. The summed E-state index contributed by atoms with van der Waals surface area (Å²) in [6.07, 6.45) is 0.0995. The summed E-state index contributed by atoms with van der Waals surface area (Å²) in [5, 5.41) is 41.0. The molecule has 0 aliphatic carbocycles. The zero-order valence-corrected chi connectivity index (χ0v) is 14.2. The van der Waals surface area contributed by atoms with Gasteiger partial charge >= 0.3 is 0 Å². The normalized spacial score (nSPS) is 23.6. The van der Waals surface area contributed by atoms with Crippen LogP contribution >= 0.6 is 0 Å². The number of rotatable bonds is 5. The van der Waals surface area contributed by atoms with Crippen LogP contribution in [0.25, 0.3) is 0 Å². The predicted molar refractivity (Wildman–Crippen MR) is 82.7 cm³/mol. The molecule has 3 unspecified atom stereocenters. The largest absolute Gasteiger partial charge is 0.400 e. The van der Waals surface area contributed by atoms with Gasteiger partial charge in [-0.1, -0.05) is 19.1 Å². The van der Waals surface area contributed by atoms with E-state index in [0.717, 1.165) is 19.9 Å². The monoisotopic (exact) mass is 335 g/mol. The molecule has 1 aliphatic rings. The number of hydrogen-bond donors (Lipinski definition) is 4. The molecular weight excluding hydrogens is 306 g/mol. The van der Waals surface area contributed by atoms with Crippen LogP contribution in [-0.4, -0.2) is 81.4 Å². The van der Waals surface area contributed by atoms with Gasteiger partial charge in [-0.05, 0) is 5.92 Å². The van der Waals surface area contributed by atoms with E-state index in [0.29, 0.717) is 19.1 Å². The van der Waals surface area contributed by atoms with E-state index >= 15 is 0 Å². The molecule has 2 rings (SSSR count). The zero-order valence-electron chi connectivity index (χ0n) is 14.2. The van der Waals surface area contributed by atoms with E-state index in [1.807, 2.05) is 6.20 Å². The van der Waals surface area contributed by atoms with Crippen molar-refractivity contribution in [3.63, 3.8) is 0 Å². The molecule has 4 N–H and O–H groups in total. The molecule has 0 bridgehead atoms. The van der Waals surface area contributed by atoms with E-state index in [1.165, 1.54) is 0 Å². The van der Waals surface area contributed by atoms with Gasteiger partial charge in [0.2, 0.25) is 0 Å². The number of aliphatic hydroxyl groups excluding tert-OH is 4. The molecule has 0 saturated carbocycles. The molecule has 23 heavy (non-hydrogen) atoms. The van der Waals surface area contributed by atoms with Crippen LogP contribution < -0.4 is 0 Å². The standard InChI is InChI=1S/C12H21N3O4.2CH4O/c1-8(2)10-6-15(14-13-10)3-4-18-12-11(17)5-9(16)7-19-12;2*1-2/h6,8-9,11-12,16-17H,3-5,7H2,1-2H3;2*2H,1H3. The van der Waals surface area contributed by atoms with Gasteiger partial charge < -0.3 is 29.9 Å². The average molecular weight is 335 g/mol. The third kappa shape index (κ3) is 7.82. The van der Waals surface area contributed by atoms with Crippen LogP contribution in [0, 0.1) is 0 Å². The first kappa shape index (κ1) is 21.9. The summed E-state index contributed by atoms with van der Waals surface area (Å²) in [7, 11) is 2.00. The van der Waals surface area contributed by atoms with Gasteiger partial charge in [0.1, 0.15) is 6.10 Å². The second-order valence-corrected chi connectivity index (χ2v) is 5.09. The molecular formula is C14H29N3O6. The van der Waals surface area contributed by atoms with Gasteiger partial charge in [-0.2, -0.15) is 0 Å². The molecule has 2 heterocycles. The lowest BCUT2D eigenvalue weighted by Crippen LogP contribution is -2.42. The molecule has 1 fully saturated rings. The van der Waals surface area contributed by atoms with Gasteiger partial charge in [-0.3, -0.25) is 0 Å². The minimum absolute atomic E-state index is 0.197. The quantitative estimate of drug-likeness (QED) is 0.545. The van der Waals surface area contributed by atoms with E-state index in [9.17, 15) is 10.2 Å². The fraction of sp³-hybridized carbons (Fsp3) is 0.857. The number of ether oxygens (including phenoxy) is 2. The summed E-state index contributed by atoms with van der Waals surface area (Å²) in [5.41, 5.74) is 0.942. The Kier molecular flexibility index (Phi) is 11.7. The number of aliphatic hydroxyl groups is 4. The maximum Gasteiger partial charge on any atom is 0.183 e. The Morgan fingerprint density at radius 1 is 1.30 bits per heavy atom. The molecule has 3 atom stereocenters. The van der Waals surface area contributed by atoms with Crippen molar-refractivity contribution in [2.24, 2.45) is 0 Å². The average Bonchev–Trinajstić information content (AvgIpc) is 3.03. The molecule has 0 aromatic carbocycles. The Morgan fingerprint density at radius 3 is 2.48 bits per heavy atom. The third-order valence-corrected chi connectivity index (χ3v) is 3.03. The molecule has 0 spiro atoms. The lowest BCUT2D eigenvalue weighted by Gasteiger charge is -2.30. The fourth-order valence-corrected chi connectivity index (χ4v) is 1.88. The molecule has 9 nitrogen and oxygen atoms in total. The van der Waals surface area contributed by atoms with Gasteiger partial charge in [0.25, 0.3) is 0 Å². The Bertz CT molecular complexity index is 402. The van der Waals surface area contributed by atoms with Crippen molar-refractivity contribution in [3.05, 3.63) is 11.9 Å². The highest BCUT2D eigenvalue weighted by Gasteiger charge is 2.29. The van der Waals surface area contributed by atoms with Gasteiger partial charge in [0.05, 0.1) is 31.6 Å². The van der Waals surface area contributed by atoms with Crippen molar-refractivity contribution in [2.75, 3.05) is 27.4 Å². The highest BCUT2D eigenvalue weighted by atomic mass is 16.7. The van der Waals surface area contributed by atoms with Crippen molar-refractivity contribution < 1.29 is 29.9 Å². The topological polar surface area (TPSA) is 130 Å². The molecule has 1 saturated heterocycles. The van der Waals surface area contributed by atoms with Crippen LogP contribution in [-0.2, 0) is 16.0 Å². The Labute approximate surface area is 136 Å². The van der Waals surface area contributed by atoms with Crippen LogP contribution in [0.15, 0.2) is 6.20 Å². The summed E-state index contributed by atoms with van der Waals surface area (Å²) < 4.78 is 12.4. The first-order valence-corrected chi connectivity index (χ1v) is 7.45. The number of nitrogens with zero attached hydrogens (tertiary/aromatic N) is 3. The first-order valence-electron chi connectivity index (χ1n) is 7.45. The summed E-state index contributed by atoms with van der Waals surface area (Å²) in [6.45, 7) is 5.24. The molecule has 0 radical (unpaired) electrons. The summed E-state index contributed by atoms with van der Waals surface area (Å²) in [4.78, 5) is 0. The van der Waals surface area contributed by atoms with E-state index in [-0.39, 0.29) is 13.0 Å². The van der Waals surface area contributed by atoms with Crippen molar-refractivity contribution in [2.45, 2.75) is 51.2 Å². The summed E-state index contributed by atoms with van der Waals surface area (Å²) >= 11 is 0. The SMILES string of the molecule is CC(C)c1cn(CCOC2OCC(O)CC2O)nn1.CO.CO. The van der Waals surface area contributed by atoms with Crippen LogP contribution in [0.5, 0.6) is 0 Å². The van der Waals surface area contributed by atoms with E-state index in [2.05, 4.69) is 24.2 Å². The lowest BCUT2D eigenvalue weighted by molar-refractivity contribution is -0.236. The fourth-order valence-electron chi connectivity index (χ4n) is 1.88. The Balaban J connectivity index is 0.00000112. The molecule has 136 valence electrons.